The van der Waals surface area contributed by atoms with Crippen LogP contribution in [0.1, 0.15) is 23.3 Å². The number of anilines is 2. The maximum Gasteiger partial charge on any atom is 0.281 e. The first-order valence-corrected chi connectivity index (χ1v) is 6.26. The van der Waals surface area contributed by atoms with Crippen molar-refractivity contribution in [1.82, 2.24) is 20.1 Å². The van der Waals surface area contributed by atoms with Gasteiger partial charge in [0.25, 0.3) is 5.91 Å². The third-order valence-corrected chi connectivity index (χ3v) is 3.03. The third-order valence-electron chi connectivity index (χ3n) is 3.03. The highest BCUT2D eigenvalue weighted by Gasteiger charge is 2.18. The summed E-state index contributed by atoms with van der Waals surface area (Å²) in [6.45, 7) is 1.47. The fraction of sp³-hybridized carbons (Fsp3) is 0.455. The number of nitrogen functional groups attached to an aromatic ring is 1. The van der Waals surface area contributed by atoms with Crippen LogP contribution in [0.2, 0.25) is 0 Å². The lowest BCUT2D eigenvalue weighted by Gasteiger charge is -2.08. The molecule has 1 aliphatic heterocycles. The molecule has 1 fully saturated rings. The number of aromatic nitrogens is 4. The zero-order valence-corrected chi connectivity index (χ0v) is 10.7. The molecule has 9 heteroatoms. The Morgan fingerprint density at radius 1 is 1.55 bits per heavy atom. The van der Waals surface area contributed by atoms with Crippen LogP contribution in [0.4, 0.5) is 11.5 Å². The number of nitrogens with two attached hydrogens (primary N) is 1. The van der Waals surface area contributed by atoms with Crippen molar-refractivity contribution in [3.05, 3.63) is 18.1 Å². The molecule has 0 bridgehead atoms. The van der Waals surface area contributed by atoms with Gasteiger partial charge in [-0.1, -0.05) is 0 Å². The van der Waals surface area contributed by atoms with E-state index in [0.29, 0.717) is 12.2 Å². The van der Waals surface area contributed by atoms with Crippen LogP contribution in [-0.2, 0) is 11.3 Å². The lowest BCUT2D eigenvalue weighted by molar-refractivity contribution is 0.0940. The Balaban J connectivity index is 1.62. The molecule has 2 aromatic heterocycles. The van der Waals surface area contributed by atoms with Crippen LogP contribution in [-0.4, -0.2) is 38.7 Å². The van der Waals surface area contributed by atoms with Crippen LogP contribution >= 0.6 is 0 Å². The van der Waals surface area contributed by atoms with Gasteiger partial charge in [-0.15, -0.1) is 0 Å². The van der Waals surface area contributed by atoms with Gasteiger partial charge in [0.15, 0.2) is 0 Å². The highest BCUT2D eigenvalue weighted by atomic mass is 16.6. The smallest absolute Gasteiger partial charge is 0.281 e. The van der Waals surface area contributed by atoms with E-state index in [4.69, 9.17) is 10.5 Å². The molecule has 1 amide bonds. The van der Waals surface area contributed by atoms with Crippen molar-refractivity contribution in [2.75, 3.05) is 17.7 Å². The lowest BCUT2D eigenvalue weighted by Crippen LogP contribution is -2.15. The zero-order chi connectivity index (χ0) is 13.9. The summed E-state index contributed by atoms with van der Waals surface area (Å²) >= 11 is 0. The largest absolute Gasteiger partial charge is 0.379 e. The Morgan fingerprint density at radius 3 is 3.15 bits per heavy atom. The molecule has 20 heavy (non-hydrogen) atoms. The van der Waals surface area contributed by atoms with Gasteiger partial charge in [0.1, 0.15) is 0 Å². The summed E-state index contributed by atoms with van der Waals surface area (Å²) in [5.41, 5.74) is 5.95. The van der Waals surface area contributed by atoms with E-state index in [1.165, 1.54) is 0 Å². The minimum absolute atomic E-state index is 0.0446. The van der Waals surface area contributed by atoms with Crippen molar-refractivity contribution >= 4 is 17.4 Å². The summed E-state index contributed by atoms with van der Waals surface area (Å²) < 4.78 is 11.6. The average Bonchev–Trinajstić information content (AvgIpc) is 3.12. The van der Waals surface area contributed by atoms with Gasteiger partial charge < -0.3 is 15.8 Å². The Hall–Kier alpha value is -2.42. The predicted octanol–water partition coefficient (Wildman–Crippen LogP) is 0.280. The van der Waals surface area contributed by atoms with Crippen molar-refractivity contribution < 1.29 is 14.2 Å². The summed E-state index contributed by atoms with van der Waals surface area (Å²) in [6, 6.07) is 0. The molecular formula is C11H14N6O3. The molecule has 0 saturated carbocycles. The highest BCUT2D eigenvalue weighted by Crippen LogP contribution is 2.15. The molecule has 9 nitrogen and oxygen atoms in total. The van der Waals surface area contributed by atoms with Gasteiger partial charge in [0, 0.05) is 12.8 Å². The number of hydrogen-bond donors (Lipinski definition) is 2. The van der Waals surface area contributed by atoms with E-state index in [-0.39, 0.29) is 17.6 Å². The second-order valence-corrected chi connectivity index (χ2v) is 4.54. The van der Waals surface area contributed by atoms with E-state index >= 15 is 0 Å². The quantitative estimate of drug-likeness (QED) is 0.823. The number of rotatable bonds is 4. The molecule has 106 valence electrons. The molecule has 0 spiro atoms. The summed E-state index contributed by atoms with van der Waals surface area (Å²) in [6.07, 6.45) is 5.57. The Morgan fingerprint density at radius 2 is 2.45 bits per heavy atom. The topological polar surface area (TPSA) is 121 Å². The summed E-state index contributed by atoms with van der Waals surface area (Å²) in [7, 11) is 0. The molecule has 1 unspecified atom stereocenters. The maximum absolute atomic E-state index is 11.8. The van der Waals surface area contributed by atoms with E-state index in [1.807, 2.05) is 0 Å². The van der Waals surface area contributed by atoms with Crippen molar-refractivity contribution in [3.63, 3.8) is 0 Å². The van der Waals surface area contributed by atoms with E-state index in [9.17, 15) is 4.79 Å². The van der Waals surface area contributed by atoms with Gasteiger partial charge in [-0.3, -0.25) is 9.48 Å². The molecule has 3 heterocycles. The Kier molecular flexibility index (Phi) is 3.33. The summed E-state index contributed by atoms with van der Waals surface area (Å²) in [4.78, 5) is 11.8. The van der Waals surface area contributed by atoms with Gasteiger partial charge in [0.2, 0.25) is 11.5 Å². The van der Waals surface area contributed by atoms with Gasteiger partial charge in [-0.25, -0.2) is 4.63 Å². The SMILES string of the molecule is Nc1nonc1C(=O)Nc1cnn(CC2CCCO2)c1. The standard InChI is InChI=1S/C11H14N6O3/c12-10-9(15-20-16-10)11(18)14-7-4-13-17(5-7)6-8-2-1-3-19-8/h4-5,8H,1-3,6H2,(H2,12,16)(H,14,18). The summed E-state index contributed by atoms with van der Waals surface area (Å²) in [5, 5.41) is 13.6. The van der Waals surface area contributed by atoms with E-state index in [0.717, 1.165) is 19.4 Å². The molecule has 1 atom stereocenters. The molecule has 0 aromatic carbocycles. The number of ether oxygens (including phenoxy) is 1. The van der Waals surface area contributed by atoms with E-state index in [1.54, 1.807) is 17.1 Å². The van der Waals surface area contributed by atoms with Crippen LogP contribution in [0.5, 0.6) is 0 Å². The molecule has 0 radical (unpaired) electrons. The minimum Gasteiger partial charge on any atom is -0.379 e. The number of hydrogen-bond acceptors (Lipinski definition) is 7. The van der Waals surface area contributed by atoms with Gasteiger partial charge >= 0.3 is 0 Å². The molecule has 1 aliphatic rings. The fourth-order valence-corrected chi connectivity index (χ4v) is 2.07. The Bertz CT molecular complexity index is 601. The van der Waals surface area contributed by atoms with Crippen LogP contribution < -0.4 is 11.1 Å². The van der Waals surface area contributed by atoms with Gasteiger partial charge in [0.05, 0.1) is 24.5 Å². The number of carbonyl (C=O) groups is 1. The van der Waals surface area contributed by atoms with Crippen molar-refractivity contribution in [2.45, 2.75) is 25.5 Å². The second kappa shape index (κ2) is 5.29. The van der Waals surface area contributed by atoms with Crippen LogP contribution in [0.25, 0.3) is 0 Å². The molecule has 2 aromatic rings. The second-order valence-electron chi connectivity index (χ2n) is 4.54. The van der Waals surface area contributed by atoms with Crippen LogP contribution in [0.15, 0.2) is 17.0 Å². The average molecular weight is 278 g/mol. The van der Waals surface area contributed by atoms with Gasteiger partial charge in [-0.2, -0.15) is 5.10 Å². The van der Waals surface area contributed by atoms with Crippen molar-refractivity contribution in [1.29, 1.82) is 0 Å². The monoisotopic (exact) mass is 278 g/mol. The number of amides is 1. The highest BCUT2D eigenvalue weighted by molar-refractivity contribution is 6.05. The number of nitrogens with zero attached hydrogens (tertiary/aromatic N) is 4. The lowest BCUT2D eigenvalue weighted by atomic mass is 10.2. The normalized spacial score (nSPS) is 18.3. The molecule has 3 N–H and O–H groups in total. The Labute approximate surface area is 114 Å². The maximum atomic E-state index is 11.8. The number of carbonyl (C=O) groups excluding carboxylic acids is 1. The molecule has 3 rings (SSSR count). The van der Waals surface area contributed by atoms with E-state index < -0.39 is 5.91 Å². The first-order chi connectivity index (χ1) is 9.72. The predicted molar refractivity (Wildman–Crippen MR) is 67.9 cm³/mol. The van der Waals surface area contributed by atoms with Gasteiger partial charge in [-0.05, 0) is 23.2 Å². The van der Waals surface area contributed by atoms with Crippen molar-refractivity contribution in [2.24, 2.45) is 0 Å². The van der Waals surface area contributed by atoms with Crippen molar-refractivity contribution in [3.8, 4) is 0 Å². The fourth-order valence-electron chi connectivity index (χ4n) is 2.07. The minimum atomic E-state index is -0.486. The van der Waals surface area contributed by atoms with Crippen LogP contribution in [0, 0.1) is 0 Å². The third kappa shape index (κ3) is 2.62. The summed E-state index contributed by atoms with van der Waals surface area (Å²) in [5.74, 6) is -0.533. The molecule has 0 aliphatic carbocycles. The number of nitrogens with one attached hydrogen (secondary N) is 1. The molecular weight excluding hydrogens is 264 g/mol. The van der Waals surface area contributed by atoms with Crippen LogP contribution in [0.3, 0.4) is 0 Å². The first kappa shape index (κ1) is 12.6. The molecule has 1 saturated heterocycles. The zero-order valence-electron chi connectivity index (χ0n) is 10.7. The van der Waals surface area contributed by atoms with E-state index in [2.05, 4.69) is 25.4 Å². The first-order valence-electron chi connectivity index (χ1n) is 6.26.